The number of rotatable bonds is 2. The number of hydrogen-bond acceptors (Lipinski definition) is 2. The van der Waals surface area contributed by atoms with Crippen molar-refractivity contribution in [1.82, 2.24) is 9.80 Å². The van der Waals surface area contributed by atoms with Gasteiger partial charge in [0, 0.05) is 28.2 Å². The van der Waals surface area contributed by atoms with Gasteiger partial charge in [0.2, 0.25) is 11.8 Å². The van der Waals surface area contributed by atoms with Gasteiger partial charge in [0.25, 0.3) is 0 Å². The van der Waals surface area contributed by atoms with Crippen molar-refractivity contribution >= 4 is 11.8 Å². The molecule has 2 atom stereocenters. The topological polar surface area (TPSA) is 40.6 Å². The lowest BCUT2D eigenvalue weighted by Gasteiger charge is -2.18. The zero-order valence-corrected chi connectivity index (χ0v) is 11.9. The molecule has 0 aliphatic heterocycles. The fourth-order valence-electron chi connectivity index (χ4n) is 2.73. The summed E-state index contributed by atoms with van der Waals surface area (Å²) in [4.78, 5) is 27.7. The van der Waals surface area contributed by atoms with Crippen LogP contribution in [0.3, 0.4) is 0 Å². The lowest BCUT2D eigenvalue weighted by Crippen LogP contribution is -2.29. The normalized spacial score (nSPS) is 20.8. The maximum absolute atomic E-state index is 12.2. The van der Waals surface area contributed by atoms with E-state index in [-0.39, 0.29) is 23.7 Å². The molecule has 19 heavy (non-hydrogen) atoms. The van der Waals surface area contributed by atoms with E-state index in [1.54, 1.807) is 38.0 Å². The van der Waals surface area contributed by atoms with Crippen molar-refractivity contribution in [3.63, 3.8) is 0 Å². The minimum atomic E-state index is -0.194. The predicted octanol–water partition coefficient (Wildman–Crippen LogP) is 1.43. The molecule has 2 rings (SSSR count). The van der Waals surface area contributed by atoms with Crippen LogP contribution in [0.5, 0.6) is 0 Å². The molecule has 4 nitrogen and oxygen atoms in total. The second kappa shape index (κ2) is 5.03. The number of benzene rings is 1. The zero-order chi connectivity index (χ0) is 14.2. The summed E-state index contributed by atoms with van der Waals surface area (Å²) in [5.74, 6) is -0.247. The van der Waals surface area contributed by atoms with Crippen LogP contribution in [-0.2, 0) is 9.59 Å². The highest BCUT2D eigenvalue weighted by atomic mass is 16.2. The fourth-order valence-corrected chi connectivity index (χ4v) is 2.73. The van der Waals surface area contributed by atoms with Crippen LogP contribution in [0.15, 0.2) is 24.3 Å². The number of likely N-dealkylation sites (N-methyl/N-ethyl adjacent to an activating group) is 2. The Bertz CT molecular complexity index is 464. The van der Waals surface area contributed by atoms with Crippen LogP contribution in [0.4, 0.5) is 0 Å². The minimum absolute atomic E-state index is 0.0708. The molecular weight excluding hydrogens is 240 g/mol. The van der Waals surface area contributed by atoms with Crippen molar-refractivity contribution < 1.29 is 9.59 Å². The lowest BCUT2D eigenvalue weighted by molar-refractivity contribution is -0.131. The van der Waals surface area contributed by atoms with Crippen LogP contribution in [0.1, 0.15) is 29.4 Å². The summed E-state index contributed by atoms with van der Waals surface area (Å²) in [6.45, 7) is 0. The third-order valence-corrected chi connectivity index (χ3v) is 3.70. The molecule has 0 fully saturated rings. The van der Waals surface area contributed by atoms with E-state index in [4.69, 9.17) is 0 Å². The highest BCUT2D eigenvalue weighted by molar-refractivity contribution is 5.91. The molecule has 2 amide bonds. The lowest BCUT2D eigenvalue weighted by atomic mass is 9.99. The molecule has 2 unspecified atom stereocenters. The molecule has 1 aromatic rings. The van der Waals surface area contributed by atoms with E-state index in [0.717, 1.165) is 11.1 Å². The number of carbonyl (C=O) groups is 2. The van der Waals surface area contributed by atoms with E-state index in [1.807, 2.05) is 24.3 Å². The van der Waals surface area contributed by atoms with Gasteiger partial charge in [-0.05, 0) is 17.5 Å². The van der Waals surface area contributed by atoms with Gasteiger partial charge in [0.1, 0.15) is 0 Å². The highest BCUT2D eigenvalue weighted by Crippen LogP contribution is 2.42. The van der Waals surface area contributed by atoms with Gasteiger partial charge in [-0.1, -0.05) is 24.3 Å². The maximum Gasteiger partial charge on any atom is 0.229 e. The van der Waals surface area contributed by atoms with Crippen LogP contribution in [0.25, 0.3) is 0 Å². The summed E-state index contributed by atoms with van der Waals surface area (Å²) in [6.07, 6.45) is 0.577. The first kappa shape index (κ1) is 13.6. The number of fused-ring (bicyclic) bond motifs is 1. The Kier molecular flexibility index (Phi) is 3.60. The first-order chi connectivity index (χ1) is 8.93. The Morgan fingerprint density at radius 1 is 0.895 bits per heavy atom. The Morgan fingerprint density at radius 3 is 1.58 bits per heavy atom. The summed E-state index contributed by atoms with van der Waals surface area (Å²) >= 11 is 0. The molecule has 4 heteroatoms. The van der Waals surface area contributed by atoms with Gasteiger partial charge in [-0.2, -0.15) is 0 Å². The summed E-state index contributed by atoms with van der Waals surface area (Å²) < 4.78 is 0. The maximum atomic E-state index is 12.2. The van der Waals surface area contributed by atoms with Crippen molar-refractivity contribution in [1.29, 1.82) is 0 Å². The number of amides is 2. The SMILES string of the molecule is CN(C)C(=O)C1CC(C(=O)N(C)C)c2ccccc21. The van der Waals surface area contributed by atoms with Gasteiger partial charge in [-0.3, -0.25) is 9.59 Å². The van der Waals surface area contributed by atoms with Crippen LogP contribution in [-0.4, -0.2) is 49.8 Å². The second-order valence-corrected chi connectivity index (χ2v) is 5.44. The fraction of sp³-hybridized carbons (Fsp3) is 0.467. The smallest absolute Gasteiger partial charge is 0.229 e. The van der Waals surface area contributed by atoms with Gasteiger partial charge in [0.15, 0.2) is 0 Å². The number of nitrogens with zero attached hydrogens (tertiary/aromatic N) is 2. The summed E-state index contributed by atoms with van der Waals surface area (Å²) in [6, 6.07) is 7.78. The quantitative estimate of drug-likeness (QED) is 0.807. The molecule has 0 saturated carbocycles. The summed E-state index contributed by atoms with van der Waals surface area (Å²) in [5.41, 5.74) is 2.00. The van der Waals surface area contributed by atoms with Gasteiger partial charge in [0.05, 0.1) is 11.8 Å². The average Bonchev–Trinajstić information content (AvgIpc) is 2.76. The molecule has 0 heterocycles. The van der Waals surface area contributed by atoms with Gasteiger partial charge in [-0.25, -0.2) is 0 Å². The largest absolute Gasteiger partial charge is 0.348 e. The van der Waals surface area contributed by atoms with Gasteiger partial charge < -0.3 is 9.80 Å². The molecule has 0 bridgehead atoms. The van der Waals surface area contributed by atoms with Crippen molar-refractivity contribution in [3.8, 4) is 0 Å². The Morgan fingerprint density at radius 2 is 1.26 bits per heavy atom. The van der Waals surface area contributed by atoms with Crippen molar-refractivity contribution in [2.45, 2.75) is 18.3 Å². The standard InChI is InChI=1S/C15H20N2O2/c1-16(2)14(18)12-9-13(15(19)17(3)4)11-8-6-5-7-10(11)12/h5-8,12-13H,9H2,1-4H3. The molecule has 0 spiro atoms. The van der Waals surface area contributed by atoms with E-state index < -0.39 is 0 Å². The monoisotopic (exact) mass is 260 g/mol. The van der Waals surface area contributed by atoms with E-state index in [9.17, 15) is 9.59 Å². The molecule has 0 radical (unpaired) electrons. The molecule has 1 aliphatic carbocycles. The van der Waals surface area contributed by atoms with Gasteiger partial charge in [-0.15, -0.1) is 0 Å². The van der Waals surface area contributed by atoms with Crippen LogP contribution < -0.4 is 0 Å². The van der Waals surface area contributed by atoms with Crippen molar-refractivity contribution in [2.75, 3.05) is 28.2 Å². The van der Waals surface area contributed by atoms with E-state index >= 15 is 0 Å². The van der Waals surface area contributed by atoms with Crippen LogP contribution in [0, 0.1) is 0 Å². The van der Waals surface area contributed by atoms with Crippen molar-refractivity contribution in [2.24, 2.45) is 0 Å². The van der Waals surface area contributed by atoms with E-state index in [0.29, 0.717) is 6.42 Å². The highest BCUT2D eigenvalue weighted by Gasteiger charge is 2.39. The summed E-state index contributed by atoms with van der Waals surface area (Å²) in [5, 5.41) is 0. The van der Waals surface area contributed by atoms with Crippen LogP contribution in [0.2, 0.25) is 0 Å². The molecule has 0 N–H and O–H groups in total. The Hall–Kier alpha value is -1.84. The molecule has 1 aromatic carbocycles. The van der Waals surface area contributed by atoms with E-state index in [2.05, 4.69) is 0 Å². The number of carbonyl (C=O) groups excluding carboxylic acids is 2. The molecule has 102 valence electrons. The molecule has 1 aliphatic rings. The third kappa shape index (κ3) is 2.35. The zero-order valence-electron chi connectivity index (χ0n) is 11.9. The molecule has 0 aromatic heterocycles. The third-order valence-electron chi connectivity index (χ3n) is 3.70. The van der Waals surface area contributed by atoms with Gasteiger partial charge >= 0.3 is 0 Å². The first-order valence-electron chi connectivity index (χ1n) is 6.44. The Balaban J connectivity index is 2.39. The average molecular weight is 260 g/mol. The predicted molar refractivity (Wildman–Crippen MR) is 73.9 cm³/mol. The van der Waals surface area contributed by atoms with Crippen LogP contribution >= 0.6 is 0 Å². The van der Waals surface area contributed by atoms with Crippen molar-refractivity contribution in [3.05, 3.63) is 35.4 Å². The first-order valence-corrected chi connectivity index (χ1v) is 6.44. The summed E-state index contributed by atoms with van der Waals surface area (Å²) in [7, 11) is 7.02. The second-order valence-electron chi connectivity index (χ2n) is 5.44. The van der Waals surface area contributed by atoms with E-state index in [1.165, 1.54) is 0 Å². The number of hydrogen-bond donors (Lipinski definition) is 0. The molecule has 0 saturated heterocycles. The molecular formula is C15H20N2O2. The Labute approximate surface area is 114 Å². The minimum Gasteiger partial charge on any atom is -0.348 e.